The molecule has 140 valence electrons. The molecule has 4 rings (SSSR count). The van der Waals surface area contributed by atoms with Gasteiger partial charge in [-0.3, -0.25) is 9.58 Å². The molecular formula is C22H25FN4. The van der Waals surface area contributed by atoms with Crippen molar-refractivity contribution in [2.24, 2.45) is 0 Å². The van der Waals surface area contributed by atoms with Gasteiger partial charge < -0.3 is 4.90 Å². The van der Waals surface area contributed by atoms with Crippen molar-refractivity contribution in [2.75, 3.05) is 25.5 Å². The lowest BCUT2D eigenvalue weighted by Gasteiger charge is -2.20. The first-order chi connectivity index (χ1) is 13.1. The number of hydrogen-bond acceptors (Lipinski definition) is 3. The smallest absolute Gasteiger partial charge is 0.123 e. The lowest BCUT2D eigenvalue weighted by molar-refractivity contribution is 0.261. The zero-order chi connectivity index (χ0) is 18.8. The van der Waals surface area contributed by atoms with Crippen LogP contribution >= 0.6 is 0 Å². The zero-order valence-corrected chi connectivity index (χ0v) is 15.9. The van der Waals surface area contributed by atoms with Gasteiger partial charge in [0.15, 0.2) is 0 Å². The Bertz CT molecular complexity index is 897. The van der Waals surface area contributed by atoms with Crippen LogP contribution in [-0.4, -0.2) is 35.3 Å². The van der Waals surface area contributed by atoms with E-state index in [2.05, 4.69) is 58.9 Å². The fraction of sp³-hybridized carbons (Fsp3) is 0.318. The van der Waals surface area contributed by atoms with Crippen molar-refractivity contribution in [3.63, 3.8) is 0 Å². The highest BCUT2D eigenvalue weighted by Crippen LogP contribution is 2.23. The van der Waals surface area contributed by atoms with E-state index < -0.39 is 0 Å². The van der Waals surface area contributed by atoms with Crippen molar-refractivity contribution in [3.05, 3.63) is 71.7 Å². The average Bonchev–Trinajstić information content (AvgIpc) is 2.96. The molecule has 0 saturated heterocycles. The van der Waals surface area contributed by atoms with Crippen LogP contribution in [0.15, 0.2) is 54.6 Å². The van der Waals surface area contributed by atoms with Gasteiger partial charge in [0.2, 0.25) is 0 Å². The molecule has 2 aromatic carbocycles. The van der Waals surface area contributed by atoms with Crippen LogP contribution < -0.4 is 4.90 Å². The van der Waals surface area contributed by atoms with E-state index in [9.17, 15) is 4.39 Å². The number of benzene rings is 2. The maximum Gasteiger partial charge on any atom is 0.123 e. The number of fused-ring (bicyclic) bond motifs is 1. The summed E-state index contributed by atoms with van der Waals surface area (Å²) < 4.78 is 15.3. The molecule has 0 amide bonds. The molecule has 0 radical (unpaired) electrons. The molecule has 0 bridgehead atoms. The highest BCUT2D eigenvalue weighted by Gasteiger charge is 2.17. The molecule has 0 saturated carbocycles. The maximum absolute atomic E-state index is 13.2. The largest absolute Gasteiger partial charge is 0.378 e. The SMILES string of the molecule is CN(C)c1ccc(CN2CCCn3nc(-c4ccc(F)cc4)cc3C2)cc1. The van der Waals surface area contributed by atoms with E-state index in [0.29, 0.717) is 0 Å². The third-order valence-corrected chi connectivity index (χ3v) is 5.09. The Hall–Kier alpha value is -2.66. The Labute approximate surface area is 159 Å². The zero-order valence-electron chi connectivity index (χ0n) is 15.9. The van der Waals surface area contributed by atoms with Crippen molar-refractivity contribution in [2.45, 2.75) is 26.1 Å². The summed E-state index contributed by atoms with van der Waals surface area (Å²) in [7, 11) is 4.12. The summed E-state index contributed by atoms with van der Waals surface area (Å²) in [4.78, 5) is 4.59. The van der Waals surface area contributed by atoms with Crippen molar-refractivity contribution in [1.82, 2.24) is 14.7 Å². The number of aryl methyl sites for hydroxylation is 1. The first-order valence-corrected chi connectivity index (χ1v) is 9.40. The van der Waals surface area contributed by atoms with Crippen LogP contribution in [-0.2, 0) is 19.6 Å². The van der Waals surface area contributed by atoms with Crippen LogP contribution in [0.1, 0.15) is 17.7 Å². The summed E-state index contributed by atoms with van der Waals surface area (Å²) >= 11 is 0. The summed E-state index contributed by atoms with van der Waals surface area (Å²) in [5.41, 5.74) is 5.64. The summed E-state index contributed by atoms with van der Waals surface area (Å²) in [5.74, 6) is -0.217. The average molecular weight is 364 g/mol. The lowest BCUT2D eigenvalue weighted by atomic mass is 10.1. The standard InChI is InChI=1S/C22H25FN4/c1-25(2)20-10-4-17(5-11-20)15-26-12-3-13-27-21(16-26)14-22(24-27)18-6-8-19(23)9-7-18/h4-11,14H,3,12-13,15-16H2,1-2H3. The molecule has 0 spiro atoms. The quantitative estimate of drug-likeness (QED) is 0.695. The predicted molar refractivity (Wildman–Crippen MR) is 107 cm³/mol. The van der Waals surface area contributed by atoms with E-state index in [-0.39, 0.29) is 5.82 Å². The molecule has 0 aliphatic carbocycles. The Balaban J connectivity index is 1.50. The van der Waals surface area contributed by atoms with Gasteiger partial charge in [-0.1, -0.05) is 12.1 Å². The Morgan fingerprint density at radius 1 is 1.00 bits per heavy atom. The first kappa shape index (κ1) is 17.7. The minimum absolute atomic E-state index is 0.217. The van der Waals surface area contributed by atoms with E-state index in [4.69, 9.17) is 5.10 Å². The van der Waals surface area contributed by atoms with Gasteiger partial charge in [0.25, 0.3) is 0 Å². The van der Waals surface area contributed by atoms with Crippen molar-refractivity contribution >= 4 is 5.69 Å². The van der Waals surface area contributed by atoms with E-state index >= 15 is 0 Å². The Morgan fingerprint density at radius 3 is 2.44 bits per heavy atom. The Morgan fingerprint density at radius 2 is 1.74 bits per heavy atom. The van der Waals surface area contributed by atoms with Crippen LogP contribution in [0.2, 0.25) is 0 Å². The van der Waals surface area contributed by atoms with Gasteiger partial charge in [-0.15, -0.1) is 0 Å². The van der Waals surface area contributed by atoms with Crippen LogP contribution in [0.3, 0.4) is 0 Å². The van der Waals surface area contributed by atoms with Crippen LogP contribution in [0.4, 0.5) is 10.1 Å². The monoisotopic (exact) mass is 364 g/mol. The summed E-state index contributed by atoms with van der Waals surface area (Å²) in [6, 6.07) is 17.5. The van der Waals surface area contributed by atoms with Crippen molar-refractivity contribution < 1.29 is 4.39 Å². The first-order valence-electron chi connectivity index (χ1n) is 9.40. The highest BCUT2D eigenvalue weighted by molar-refractivity contribution is 5.59. The molecule has 1 aliphatic heterocycles. The predicted octanol–water partition coefficient (Wildman–Crippen LogP) is 4.16. The van der Waals surface area contributed by atoms with Crippen molar-refractivity contribution in [1.29, 1.82) is 0 Å². The second-order valence-electron chi connectivity index (χ2n) is 7.38. The van der Waals surface area contributed by atoms with E-state index in [1.165, 1.54) is 29.1 Å². The van der Waals surface area contributed by atoms with Gasteiger partial charge >= 0.3 is 0 Å². The molecule has 0 fully saturated rings. The molecule has 1 aliphatic rings. The lowest BCUT2D eigenvalue weighted by Crippen LogP contribution is -2.22. The highest BCUT2D eigenvalue weighted by atomic mass is 19.1. The maximum atomic E-state index is 13.2. The van der Waals surface area contributed by atoms with Gasteiger partial charge in [0.1, 0.15) is 5.82 Å². The van der Waals surface area contributed by atoms with Gasteiger partial charge in [-0.2, -0.15) is 5.10 Å². The number of rotatable bonds is 4. The molecule has 27 heavy (non-hydrogen) atoms. The van der Waals surface area contributed by atoms with Crippen LogP contribution in [0.25, 0.3) is 11.3 Å². The van der Waals surface area contributed by atoms with E-state index in [1.54, 1.807) is 12.1 Å². The Kier molecular flexibility index (Phi) is 4.94. The van der Waals surface area contributed by atoms with Gasteiger partial charge in [0, 0.05) is 51.5 Å². The summed E-state index contributed by atoms with van der Waals surface area (Å²) in [6.07, 6.45) is 1.08. The number of aromatic nitrogens is 2. The number of anilines is 1. The molecule has 0 N–H and O–H groups in total. The normalized spacial score (nSPS) is 14.6. The molecule has 4 nitrogen and oxygen atoms in total. The minimum Gasteiger partial charge on any atom is -0.378 e. The molecule has 3 aromatic rings. The third-order valence-electron chi connectivity index (χ3n) is 5.09. The number of halogens is 1. The van der Waals surface area contributed by atoms with Gasteiger partial charge in [-0.05, 0) is 54.4 Å². The molecule has 1 aromatic heterocycles. The summed E-state index contributed by atoms with van der Waals surface area (Å²) in [6.45, 7) is 3.80. The molecule has 0 unspecified atom stereocenters. The molecule has 5 heteroatoms. The van der Waals surface area contributed by atoms with Crippen LogP contribution in [0, 0.1) is 5.82 Å². The topological polar surface area (TPSA) is 24.3 Å². The fourth-order valence-electron chi connectivity index (χ4n) is 3.58. The second-order valence-corrected chi connectivity index (χ2v) is 7.38. The second kappa shape index (κ2) is 7.53. The molecule has 2 heterocycles. The van der Waals surface area contributed by atoms with E-state index in [1.807, 2.05) is 0 Å². The van der Waals surface area contributed by atoms with Crippen molar-refractivity contribution in [3.8, 4) is 11.3 Å². The van der Waals surface area contributed by atoms with Gasteiger partial charge in [0.05, 0.1) is 11.4 Å². The number of nitrogens with zero attached hydrogens (tertiary/aromatic N) is 4. The molecule has 0 atom stereocenters. The van der Waals surface area contributed by atoms with E-state index in [0.717, 1.165) is 43.9 Å². The fourth-order valence-corrected chi connectivity index (χ4v) is 3.58. The number of hydrogen-bond donors (Lipinski definition) is 0. The summed E-state index contributed by atoms with van der Waals surface area (Å²) in [5, 5.41) is 4.75. The van der Waals surface area contributed by atoms with Gasteiger partial charge in [-0.25, -0.2) is 4.39 Å². The minimum atomic E-state index is -0.217. The molecular weight excluding hydrogens is 339 g/mol. The van der Waals surface area contributed by atoms with Crippen LogP contribution in [0.5, 0.6) is 0 Å². The third kappa shape index (κ3) is 4.03.